The number of nitrogens with one attached hydrogen (secondary N) is 2. The predicted molar refractivity (Wildman–Crippen MR) is 111 cm³/mol. The molecule has 26 heavy (non-hydrogen) atoms. The molecule has 0 fully saturated rings. The van der Waals surface area contributed by atoms with E-state index in [9.17, 15) is 0 Å². The number of anilines is 1. The summed E-state index contributed by atoms with van der Waals surface area (Å²) in [4.78, 5) is 11.1. The highest BCUT2D eigenvalue weighted by Crippen LogP contribution is 2.11. The number of pyridine rings is 1. The monoisotopic (exact) mass is 363 g/mol. The van der Waals surface area contributed by atoms with E-state index < -0.39 is 0 Å². The van der Waals surface area contributed by atoms with Crippen LogP contribution in [0.1, 0.15) is 46.6 Å². The molecule has 6 nitrogen and oxygen atoms in total. The van der Waals surface area contributed by atoms with Crippen molar-refractivity contribution in [2.24, 2.45) is 10.9 Å². The topological polar surface area (TPSA) is 61.8 Å². The van der Waals surface area contributed by atoms with E-state index in [0.717, 1.165) is 50.0 Å². The SMILES string of the molecule is CCOC(CCNC(=NC)NCc1ccc(N(CC)CC)nc1)C(C)C. The van der Waals surface area contributed by atoms with Gasteiger partial charge in [0.25, 0.3) is 0 Å². The summed E-state index contributed by atoms with van der Waals surface area (Å²) < 4.78 is 5.78. The summed E-state index contributed by atoms with van der Waals surface area (Å²) >= 11 is 0. The van der Waals surface area contributed by atoms with Crippen molar-refractivity contribution in [3.63, 3.8) is 0 Å². The molecule has 1 aromatic rings. The van der Waals surface area contributed by atoms with Crippen LogP contribution in [0.3, 0.4) is 0 Å². The van der Waals surface area contributed by atoms with E-state index in [1.807, 2.05) is 13.1 Å². The summed E-state index contributed by atoms with van der Waals surface area (Å²) in [6, 6.07) is 4.19. The molecule has 0 aliphatic rings. The Kier molecular flexibility index (Phi) is 10.7. The van der Waals surface area contributed by atoms with Gasteiger partial charge in [-0.1, -0.05) is 19.9 Å². The minimum atomic E-state index is 0.280. The smallest absolute Gasteiger partial charge is 0.191 e. The van der Waals surface area contributed by atoms with Gasteiger partial charge in [0.1, 0.15) is 5.82 Å². The lowest BCUT2D eigenvalue weighted by atomic mass is 10.0. The molecule has 0 saturated heterocycles. The molecule has 148 valence electrons. The van der Waals surface area contributed by atoms with Gasteiger partial charge in [0, 0.05) is 46.0 Å². The Hall–Kier alpha value is -1.82. The van der Waals surface area contributed by atoms with Gasteiger partial charge < -0.3 is 20.3 Å². The van der Waals surface area contributed by atoms with Crippen molar-refractivity contribution in [1.82, 2.24) is 15.6 Å². The van der Waals surface area contributed by atoms with Gasteiger partial charge in [0.05, 0.1) is 6.10 Å². The molecule has 2 N–H and O–H groups in total. The Morgan fingerprint density at radius 1 is 1.19 bits per heavy atom. The van der Waals surface area contributed by atoms with E-state index in [1.54, 1.807) is 7.05 Å². The summed E-state index contributed by atoms with van der Waals surface area (Å²) in [5.41, 5.74) is 1.14. The minimum Gasteiger partial charge on any atom is -0.378 e. The van der Waals surface area contributed by atoms with Crippen LogP contribution in [0.4, 0.5) is 5.82 Å². The van der Waals surface area contributed by atoms with E-state index in [-0.39, 0.29) is 6.10 Å². The lowest BCUT2D eigenvalue weighted by Crippen LogP contribution is -2.39. The highest BCUT2D eigenvalue weighted by atomic mass is 16.5. The highest BCUT2D eigenvalue weighted by molar-refractivity contribution is 5.79. The second-order valence-electron chi connectivity index (χ2n) is 6.58. The third-order valence-corrected chi connectivity index (χ3v) is 4.43. The van der Waals surface area contributed by atoms with Crippen molar-refractivity contribution in [2.75, 3.05) is 38.2 Å². The molecule has 0 radical (unpaired) electrons. The summed E-state index contributed by atoms with van der Waals surface area (Å²) in [5, 5.41) is 6.70. The Bertz CT molecular complexity index is 511. The lowest BCUT2D eigenvalue weighted by Gasteiger charge is -2.21. The van der Waals surface area contributed by atoms with Crippen LogP contribution in [-0.4, -0.2) is 50.3 Å². The first-order valence-corrected chi connectivity index (χ1v) is 9.81. The maximum absolute atomic E-state index is 5.78. The van der Waals surface area contributed by atoms with Crippen molar-refractivity contribution in [1.29, 1.82) is 0 Å². The predicted octanol–water partition coefficient (Wildman–Crippen LogP) is 3.04. The van der Waals surface area contributed by atoms with Crippen molar-refractivity contribution in [3.05, 3.63) is 23.9 Å². The molecule has 0 bridgehead atoms. The molecule has 6 heteroatoms. The molecule has 1 rings (SSSR count). The Balaban J connectivity index is 2.44. The van der Waals surface area contributed by atoms with Gasteiger partial charge in [0.15, 0.2) is 5.96 Å². The standard InChI is InChI=1S/C20H37N5O/c1-7-25(8-2)19-11-10-17(14-23-19)15-24-20(21-6)22-13-12-18(16(4)5)26-9-3/h10-11,14,16,18H,7-9,12-13,15H2,1-6H3,(H2,21,22,24). The zero-order chi connectivity index (χ0) is 19.4. The van der Waals surface area contributed by atoms with Crippen LogP contribution in [0.2, 0.25) is 0 Å². The van der Waals surface area contributed by atoms with Gasteiger partial charge in [-0.05, 0) is 44.7 Å². The van der Waals surface area contributed by atoms with E-state index in [1.165, 1.54) is 0 Å². The fourth-order valence-electron chi connectivity index (χ4n) is 2.82. The van der Waals surface area contributed by atoms with Crippen molar-refractivity contribution in [3.8, 4) is 0 Å². The van der Waals surface area contributed by atoms with Crippen LogP contribution < -0.4 is 15.5 Å². The summed E-state index contributed by atoms with van der Waals surface area (Å²) in [7, 11) is 1.79. The average molecular weight is 364 g/mol. The van der Waals surface area contributed by atoms with Gasteiger partial charge in [-0.15, -0.1) is 0 Å². The van der Waals surface area contributed by atoms with Crippen molar-refractivity contribution < 1.29 is 4.74 Å². The minimum absolute atomic E-state index is 0.280. The fraction of sp³-hybridized carbons (Fsp3) is 0.700. The molecular weight excluding hydrogens is 326 g/mol. The number of guanidine groups is 1. The molecule has 0 saturated carbocycles. The molecule has 0 aliphatic heterocycles. The molecule has 0 aliphatic carbocycles. The highest BCUT2D eigenvalue weighted by Gasteiger charge is 2.13. The summed E-state index contributed by atoms with van der Waals surface area (Å²) in [6.07, 6.45) is 3.17. The summed E-state index contributed by atoms with van der Waals surface area (Å²) in [5.74, 6) is 2.34. The first-order valence-electron chi connectivity index (χ1n) is 9.81. The second kappa shape index (κ2) is 12.5. The van der Waals surface area contributed by atoms with Crippen LogP contribution in [0.25, 0.3) is 0 Å². The van der Waals surface area contributed by atoms with Crippen LogP contribution >= 0.6 is 0 Å². The zero-order valence-corrected chi connectivity index (χ0v) is 17.4. The number of aromatic nitrogens is 1. The number of nitrogens with zero attached hydrogens (tertiary/aromatic N) is 3. The number of hydrogen-bond acceptors (Lipinski definition) is 4. The summed E-state index contributed by atoms with van der Waals surface area (Å²) in [6.45, 7) is 15.0. The van der Waals surface area contributed by atoms with Gasteiger partial charge in [-0.3, -0.25) is 4.99 Å². The van der Waals surface area contributed by atoms with Crippen LogP contribution in [0.5, 0.6) is 0 Å². The van der Waals surface area contributed by atoms with Gasteiger partial charge in [-0.2, -0.15) is 0 Å². The molecule has 0 amide bonds. The van der Waals surface area contributed by atoms with Gasteiger partial charge in [-0.25, -0.2) is 4.98 Å². The van der Waals surface area contributed by atoms with E-state index in [0.29, 0.717) is 12.5 Å². The normalized spacial score (nSPS) is 13.0. The van der Waals surface area contributed by atoms with E-state index in [4.69, 9.17) is 4.74 Å². The van der Waals surface area contributed by atoms with Crippen LogP contribution in [0, 0.1) is 5.92 Å². The quantitative estimate of drug-likeness (QED) is 0.467. The Morgan fingerprint density at radius 3 is 2.42 bits per heavy atom. The van der Waals surface area contributed by atoms with E-state index in [2.05, 4.69) is 65.3 Å². The molecule has 1 aromatic heterocycles. The molecule has 1 unspecified atom stereocenters. The maximum atomic E-state index is 5.78. The van der Waals surface area contributed by atoms with Crippen molar-refractivity contribution >= 4 is 11.8 Å². The fourth-order valence-corrected chi connectivity index (χ4v) is 2.82. The molecular formula is C20H37N5O. The van der Waals surface area contributed by atoms with Crippen molar-refractivity contribution in [2.45, 2.75) is 53.7 Å². The molecule has 0 aromatic carbocycles. The lowest BCUT2D eigenvalue weighted by molar-refractivity contribution is 0.0258. The van der Waals surface area contributed by atoms with Gasteiger partial charge >= 0.3 is 0 Å². The molecule has 1 atom stereocenters. The van der Waals surface area contributed by atoms with Gasteiger partial charge in [0.2, 0.25) is 0 Å². The first kappa shape index (κ1) is 22.2. The molecule has 0 spiro atoms. The van der Waals surface area contributed by atoms with Crippen LogP contribution in [-0.2, 0) is 11.3 Å². The number of aliphatic imine (C=N–C) groups is 1. The second-order valence-corrected chi connectivity index (χ2v) is 6.58. The average Bonchev–Trinajstić information content (AvgIpc) is 2.65. The van der Waals surface area contributed by atoms with E-state index >= 15 is 0 Å². The maximum Gasteiger partial charge on any atom is 0.191 e. The Morgan fingerprint density at radius 2 is 1.92 bits per heavy atom. The number of ether oxygens (including phenoxy) is 1. The third kappa shape index (κ3) is 7.60. The first-order chi connectivity index (χ1) is 12.5. The largest absolute Gasteiger partial charge is 0.378 e. The number of hydrogen-bond donors (Lipinski definition) is 2. The third-order valence-electron chi connectivity index (χ3n) is 4.43. The zero-order valence-electron chi connectivity index (χ0n) is 17.4. The number of rotatable bonds is 11. The molecule has 1 heterocycles. The Labute approximate surface area is 159 Å². The van der Waals surface area contributed by atoms with Crippen LogP contribution in [0.15, 0.2) is 23.3 Å².